The summed E-state index contributed by atoms with van der Waals surface area (Å²) in [5.74, 6) is 0.642. The molecule has 2 aromatic carbocycles. The van der Waals surface area contributed by atoms with Crippen molar-refractivity contribution in [2.24, 2.45) is 5.73 Å². The van der Waals surface area contributed by atoms with E-state index in [1.165, 1.54) is 0 Å². The van der Waals surface area contributed by atoms with E-state index in [9.17, 15) is 0 Å². The van der Waals surface area contributed by atoms with Gasteiger partial charge in [-0.25, -0.2) is 4.98 Å². The molecule has 0 bridgehead atoms. The van der Waals surface area contributed by atoms with Crippen molar-refractivity contribution in [3.05, 3.63) is 65.2 Å². The number of rotatable bonds is 3. The predicted octanol–water partition coefficient (Wildman–Crippen LogP) is 4.27. The van der Waals surface area contributed by atoms with Gasteiger partial charge in [0.1, 0.15) is 10.8 Å². The molecule has 0 saturated carbocycles. The molecule has 0 aliphatic rings. The normalized spacial score (nSPS) is 10.5. The van der Waals surface area contributed by atoms with Gasteiger partial charge in [-0.3, -0.25) is 0 Å². The van der Waals surface area contributed by atoms with Crippen LogP contribution in [0.15, 0.2) is 54.6 Å². The highest BCUT2D eigenvalue weighted by atomic mass is 35.5. The van der Waals surface area contributed by atoms with Crippen LogP contribution in [0.2, 0.25) is 5.02 Å². The smallest absolute Gasteiger partial charge is 0.141 e. The first kappa shape index (κ1) is 13.8. The summed E-state index contributed by atoms with van der Waals surface area (Å²) in [5.41, 5.74) is 8.29. The van der Waals surface area contributed by atoms with E-state index in [1.807, 2.05) is 54.6 Å². The van der Waals surface area contributed by atoms with Crippen molar-refractivity contribution >= 4 is 51.2 Å². The third kappa shape index (κ3) is 2.96. The van der Waals surface area contributed by atoms with Crippen LogP contribution in [0.25, 0.3) is 10.9 Å². The number of anilines is 2. The summed E-state index contributed by atoms with van der Waals surface area (Å²) >= 11 is 11.0. The third-order valence-corrected chi connectivity index (χ3v) is 3.57. The van der Waals surface area contributed by atoms with E-state index in [4.69, 9.17) is 29.6 Å². The van der Waals surface area contributed by atoms with Crippen molar-refractivity contribution in [1.82, 2.24) is 4.98 Å². The summed E-state index contributed by atoms with van der Waals surface area (Å²) in [6, 6.07) is 17.2. The Bertz CT molecular complexity index is 815. The van der Waals surface area contributed by atoms with Gasteiger partial charge in [-0.1, -0.05) is 42.0 Å². The molecule has 0 spiro atoms. The molecule has 3 N–H and O–H groups in total. The highest BCUT2D eigenvalue weighted by Gasteiger charge is 2.09. The van der Waals surface area contributed by atoms with Crippen molar-refractivity contribution in [2.45, 2.75) is 0 Å². The van der Waals surface area contributed by atoms with E-state index < -0.39 is 0 Å². The molecule has 0 radical (unpaired) electrons. The van der Waals surface area contributed by atoms with Gasteiger partial charge < -0.3 is 11.1 Å². The summed E-state index contributed by atoms with van der Waals surface area (Å²) in [7, 11) is 0. The van der Waals surface area contributed by atoms with Gasteiger partial charge in [0.25, 0.3) is 0 Å². The number of thiocarbonyl (C=S) groups is 1. The van der Waals surface area contributed by atoms with E-state index in [0.29, 0.717) is 15.8 Å². The zero-order valence-corrected chi connectivity index (χ0v) is 12.6. The maximum atomic E-state index is 5.89. The number of hydrogen-bond donors (Lipinski definition) is 2. The molecule has 0 atom stereocenters. The third-order valence-electron chi connectivity index (χ3n) is 3.10. The van der Waals surface area contributed by atoms with Crippen LogP contribution in [0.4, 0.5) is 11.5 Å². The Morgan fingerprint density at radius 1 is 1.10 bits per heavy atom. The number of halogens is 1. The molecule has 1 aromatic heterocycles. The van der Waals surface area contributed by atoms with Crippen molar-refractivity contribution in [3.63, 3.8) is 0 Å². The minimum Gasteiger partial charge on any atom is -0.389 e. The number of nitrogens with two attached hydrogens (primary N) is 1. The maximum absolute atomic E-state index is 5.89. The molecule has 104 valence electrons. The van der Waals surface area contributed by atoms with Crippen molar-refractivity contribution in [1.29, 1.82) is 0 Å². The van der Waals surface area contributed by atoms with Crippen LogP contribution in [0.3, 0.4) is 0 Å². The zero-order chi connectivity index (χ0) is 14.8. The van der Waals surface area contributed by atoms with Gasteiger partial charge in [0.05, 0.1) is 11.1 Å². The summed E-state index contributed by atoms with van der Waals surface area (Å²) in [6.07, 6.45) is 0. The number of aromatic nitrogens is 1. The molecule has 0 fully saturated rings. The van der Waals surface area contributed by atoms with Gasteiger partial charge in [0.15, 0.2) is 0 Å². The molecule has 3 aromatic rings. The Morgan fingerprint density at radius 3 is 2.52 bits per heavy atom. The molecule has 1 heterocycles. The van der Waals surface area contributed by atoms with Crippen LogP contribution in [-0.4, -0.2) is 9.97 Å². The largest absolute Gasteiger partial charge is 0.389 e. The first-order valence-corrected chi connectivity index (χ1v) is 7.14. The van der Waals surface area contributed by atoms with Gasteiger partial charge in [0, 0.05) is 16.1 Å². The summed E-state index contributed by atoms with van der Waals surface area (Å²) < 4.78 is 0. The summed E-state index contributed by atoms with van der Waals surface area (Å²) in [4.78, 5) is 4.91. The van der Waals surface area contributed by atoms with Gasteiger partial charge in [-0.2, -0.15) is 0 Å². The minimum atomic E-state index is 0.310. The molecule has 0 saturated heterocycles. The molecular weight excluding hydrogens is 302 g/mol. The van der Waals surface area contributed by atoms with Crippen LogP contribution in [0.5, 0.6) is 0 Å². The molecule has 0 aliphatic carbocycles. The molecule has 0 unspecified atom stereocenters. The van der Waals surface area contributed by atoms with E-state index in [0.717, 1.165) is 22.2 Å². The topological polar surface area (TPSA) is 50.9 Å². The SMILES string of the molecule is NC(=S)c1cc2ccccc2nc1Nc1ccc(Cl)cc1. The number of nitrogens with zero attached hydrogens (tertiary/aromatic N) is 1. The van der Waals surface area contributed by atoms with E-state index in [1.54, 1.807) is 0 Å². The lowest BCUT2D eigenvalue weighted by molar-refractivity contribution is 1.36. The van der Waals surface area contributed by atoms with Crippen LogP contribution >= 0.6 is 23.8 Å². The molecule has 0 aliphatic heterocycles. The highest BCUT2D eigenvalue weighted by Crippen LogP contribution is 2.24. The second-order valence-electron chi connectivity index (χ2n) is 4.57. The number of nitrogens with one attached hydrogen (secondary N) is 1. The number of fused-ring (bicyclic) bond motifs is 1. The van der Waals surface area contributed by atoms with Crippen LogP contribution in [0, 0.1) is 0 Å². The van der Waals surface area contributed by atoms with E-state index >= 15 is 0 Å². The number of para-hydroxylation sites is 1. The first-order valence-electron chi connectivity index (χ1n) is 6.36. The van der Waals surface area contributed by atoms with E-state index in [2.05, 4.69) is 10.3 Å². The second-order valence-corrected chi connectivity index (χ2v) is 5.45. The van der Waals surface area contributed by atoms with Gasteiger partial charge in [0.2, 0.25) is 0 Å². The fourth-order valence-electron chi connectivity index (χ4n) is 2.07. The second kappa shape index (κ2) is 5.68. The molecule has 3 rings (SSSR count). The lowest BCUT2D eigenvalue weighted by Crippen LogP contribution is -2.13. The monoisotopic (exact) mass is 313 g/mol. The van der Waals surface area contributed by atoms with Crippen LogP contribution < -0.4 is 11.1 Å². The lowest BCUT2D eigenvalue weighted by atomic mass is 10.1. The Hall–Kier alpha value is -2.17. The Balaban J connectivity index is 2.09. The average molecular weight is 314 g/mol. The first-order chi connectivity index (χ1) is 10.1. The van der Waals surface area contributed by atoms with Crippen LogP contribution in [0.1, 0.15) is 5.56 Å². The molecule has 0 amide bonds. The van der Waals surface area contributed by atoms with Gasteiger partial charge in [-0.15, -0.1) is 0 Å². The standard InChI is InChI=1S/C16H12ClN3S/c17-11-5-7-12(8-6-11)19-16-13(15(18)21)9-10-3-1-2-4-14(10)20-16/h1-9H,(H2,18,21)(H,19,20). The summed E-state index contributed by atoms with van der Waals surface area (Å²) in [5, 5.41) is 4.92. The maximum Gasteiger partial charge on any atom is 0.141 e. The lowest BCUT2D eigenvalue weighted by Gasteiger charge is -2.12. The Morgan fingerprint density at radius 2 is 1.81 bits per heavy atom. The van der Waals surface area contributed by atoms with E-state index in [-0.39, 0.29) is 0 Å². The Labute approximate surface area is 132 Å². The molecular formula is C16H12ClN3S. The van der Waals surface area contributed by atoms with Gasteiger partial charge >= 0.3 is 0 Å². The zero-order valence-electron chi connectivity index (χ0n) is 11.0. The Kier molecular flexibility index (Phi) is 3.73. The highest BCUT2D eigenvalue weighted by molar-refractivity contribution is 7.80. The fourth-order valence-corrected chi connectivity index (χ4v) is 2.35. The predicted molar refractivity (Wildman–Crippen MR) is 92.4 cm³/mol. The van der Waals surface area contributed by atoms with Crippen LogP contribution in [-0.2, 0) is 0 Å². The number of hydrogen-bond acceptors (Lipinski definition) is 3. The average Bonchev–Trinajstić information content (AvgIpc) is 2.48. The number of benzene rings is 2. The summed E-state index contributed by atoms with van der Waals surface area (Å²) in [6.45, 7) is 0. The molecule has 3 nitrogen and oxygen atoms in total. The van der Waals surface area contributed by atoms with Gasteiger partial charge in [-0.05, 0) is 36.4 Å². The molecule has 5 heteroatoms. The van der Waals surface area contributed by atoms with Crippen molar-refractivity contribution in [3.8, 4) is 0 Å². The minimum absolute atomic E-state index is 0.310. The quantitative estimate of drug-likeness (QED) is 0.709. The van der Waals surface area contributed by atoms with Crippen molar-refractivity contribution in [2.75, 3.05) is 5.32 Å². The van der Waals surface area contributed by atoms with Crippen molar-refractivity contribution < 1.29 is 0 Å². The fraction of sp³-hybridized carbons (Fsp3) is 0. The number of pyridine rings is 1. The molecule has 21 heavy (non-hydrogen) atoms.